The molecule has 3 fully saturated rings. The van der Waals surface area contributed by atoms with Gasteiger partial charge in [-0.25, -0.2) is 0 Å². The Morgan fingerprint density at radius 3 is 2.00 bits per heavy atom. The Morgan fingerprint density at radius 1 is 0.733 bits per heavy atom. The molecule has 2 nitrogen and oxygen atoms in total. The van der Waals surface area contributed by atoms with E-state index < -0.39 is 0 Å². The van der Waals surface area contributed by atoms with Gasteiger partial charge in [-0.15, -0.1) is 0 Å². The predicted molar refractivity (Wildman–Crippen MR) is 126 cm³/mol. The van der Waals surface area contributed by atoms with E-state index in [0.717, 1.165) is 31.1 Å². The minimum absolute atomic E-state index is 0.176. The Labute approximate surface area is 187 Å². The van der Waals surface area contributed by atoms with Gasteiger partial charge in [0.2, 0.25) is 0 Å². The Morgan fingerprint density at radius 2 is 1.37 bits per heavy atom. The Balaban J connectivity index is 1.78. The Hall–Kier alpha value is -0.530. The minimum Gasteiger partial charge on any atom is -0.465 e. The van der Waals surface area contributed by atoms with Crippen LogP contribution in [0.4, 0.5) is 0 Å². The van der Waals surface area contributed by atoms with Crippen LogP contribution in [0.2, 0.25) is 0 Å². The van der Waals surface area contributed by atoms with Gasteiger partial charge in [0, 0.05) is 0 Å². The lowest BCUT2D eigenvalue weighted by atomic mass is 9.49. The van der Waals surface area contributed by atoms with Gasteiger partial charge in [-0.05, 0) is 68.6 Å². The molecule has 2 heteroatoms. The van der Waals surface area contributed by atoms with Crippen LogP contribution >= 0.6 is 0 Å². The van der Waals surface area contributed by atoms with Crippen molar-refractivity contribution < 1.29 is 9.53 Å². The van der Waals surface area contributed by atoms with Gasteiger partial charge >= 0.3 is 5.97 Å². The molecule has 0 N–H and O–H groups in total. The van der Waals surface area contributed by atoms with E-state index in [2.05, 4.69) is 13.8 Å². The highest BCUT2D eigenvalue weighted by molar-refractivity contribution is 5.78. The fraction of sp³-hybridized carbons (Fsp3) is 0.964. The third-order valence-electron chi connectivity index (χ3n) is 9.36. The molecule has 0 saturated heterocycles. The van der Waals surface area contributed by atoms with Crippen molar-refractivity contribution in [1.29, 1.82) is 0 Å². The number of carbonyl (C=O) groups excluding carboxylic acids is 1. The molecular formula is C28H50O2. The van der Waals surface area contributed by atoms with Crippen molar-refractivity contribution in [1.82, 2.24) is 0 Å². The Bertz CT molecular complexity index is 491. The molecule has 0 amide bonds. The van der Waals surface area contributed by atoms with Crippen LogP contribution in [0.5, 0.6) is 0 Å². The maximum absolute atomic E-state index is 13.6. The van der Waals surface area contributed by atoms with Crippen molar-refractivity contribution in [2.75, 3.05) is 6.61 Å². The zero-order valence-corrected chi connectivity index (χ0v) is 20.3. The second kappa shape index (κ2) is 11.9. The van der Waals surface area contributed by atoms with E-state index in [0.29, 0.717) is 6.61 Å². The second-order valence-electron chi connectivity index (χ2n) is 11.1. The van der Waals surface area contributed by atoms with Crippen molar-refractivity contribution in [3.63, 3.8) is 0 Å². The van der Waals surface area contributed by atoms with Crippen LogP contribution in [-0.2, 0) is 9.53 Å². The van der Waals surface area contributed by atoms with Crippen LogP contribution in [0.15, 0.2) is 0 Å². The molecule has 174 valence electrons. The first-order chi connectivity index (χ1) is 14.7. The average molecular weight is 419 g/mol. The summed E-state index contributed by atoms with van der Waals surface area (Å²) in [5.74, 6) is 2.10. The lowest BCUT2D eigenvalue weighted by Gasteiger charge is -2.55. The van der Waals surface area contributed by atoms with E-state index >= 15 is 0 Å². The molecule has 0 bridgehead atoms. The molecule has 0 aromatic carbocycles. The Kier molecular flexibility index (Phi) is 9.58. The first-order valence-corrected chi connectivity index (χ1v) is 13.8. The number of hydrogen-bond acceptors (Lipinski definition) is 2. The van der Waals surface area contributed by atoms with Crippen LogP contribution in [0.25, 0.3) is 0 Å². The summed E-state index contributed by atoms with van der Waals surface area (Å²) < 4.78 is 5.94. The lowest BCUT2D eigenvalue weighted by molar-refractivity contribution is -0.175. The van der Waals surface area contributed by atoms with Crippen LogP contribution < -0.4 is 0 Å². The van der Waals surface area contributed by atoms with Gasteiger partial charge in [0.15, 0.2) is 0 Å². The molecule has 0 unspecified atom stereocenters. The maximum atomic E-state index is 13.6. The van der Waals surface area contributed by atoms with E-state index in [1.807, 2.05) is 0 Å². The fourth-order valence-corrected chi connectivity index (χ4v) is 7.57. The molecular weight excluding hydrogens is 368 g/mol. The van der Waals surface area contributed by atoms with Crippen LogP contribution in [0.1, 0.15) is 142 Å². The van der Waals surface area contributed by atoms with Crippen LogP contribution in [0, 0.1) is 22.7 Å². The van der Waals surface area contributed by atoms with E-state index in [4.69, 9.17) is 4.74 Å². The van der Waals surface area contributed by atoms with Gasteiger partial charge in [0.25, 0.3) is 0 Å². The molecule has 30 heavy (non-hydrogen) atoms. The zero-order valence-electron chi connectivity index (χ0n) is 20.3. The SMILES string of the molecule is CCCCCCC1(C2(C(=O)OCCC)CCCCC2)CCC(C2CCCCC2)CC1. The molecule has 0 heterocycles. The van der Waals surface area contributed by atoms with Crippen molar-refractivity contribution in [3.8, 4) is 0 Å². The topological polar surface area (TPSA) is 26.3 Å². The molecule has 0 radical (unpaired) electrons. The smallest absolute Gasteiger partial charge is 0.312 e. The zero-order chi connectivity index (χ0) is 21.3. The van der Waals surface area contributed by atoms with Gasteiger partial charge in [-0.3, -0.25) is 4.79 Å². The van der Waals surface area contributed by atoms with Gasteiger partial charge in [-0.1, -0.05) is 90.9 Å². The van der Waals surface area contributed by atoms with Gasteiger partial charge < -0.3 is 4.74 Å². The number of esters is 1. The van der Waals surface area contributed by atoms with Crippen molar-refractivity contribution in [2.24, 2.45) is 22.7 Å². The first-order valence-electron chi connectivity index (χ1n) is 13.8. The second-order valence-corrected chi connectivity index (χ2v) is 11.1. The molecule has 3 aliphatic rings. The summed E-state index contributed by atoms with van der Waals surface area (Å²) in [6, 6.07) is 0. The van der Waals surface area contributed by atoms with Gasteiger partial charge in [0.05, 0.1) is 12.0 Å². The van der Waals surface area contributed by atoms with Crippen molar-refractivity contribution in [2.45, 2.75) is 142 Å². The lowest BCUT2D eigenvalue weighted by Crippen LogP contribution is -2.52. The number of ether oxygens (including phenoxy) is 1. The summed E-state index contributed by atoms with van der Waals surface area (Å²) in [6.07, 6.45) is 26.1. The van der Waals surface area contributed by atoms with Crippen LogP contribution in [0.3, 0.4) is 0 Å². The van der Waals surface area contributed by atoms with Gasteiger partial charge in [0.1, 0.15) is 0 Å². The molecule has 3 rings (SSSR count). The molecule has 0 atom stereocenters. The largest absolute Gasteiger partial charge is 0.465 e. The maximum Gasteiger partial charge on any atom is 0.312 e. The van der Waals surface area contributed by atoms with Crippen LogP contribution in [-0.4, -0.2) is 12.6 Å². The number of rotatable bonds is 10. The highest BCUT2D eigenvalue weighted by atomic mass is 16.5. The standard InChI is InChI=1S/C28H50O2/c1-3-5-6-11-18-27(21-16-25(17-22-27)24-14-9-7-10-15-24)28(19-12-8-13-20-28)26(29)30-23-4-2/h24-25H,3-23H2,1-2H3. The third-order valence-corrected chi connectivity index (χ3v) is 9.36. The normalized spacial score (nSPS) is 30.1. The van der Waals surface area contributed by atoms with E-state index in [1.165, 1.54) is 109 Å². The molecule has 0 aliphatic heterocycles. The molecule has 3 saturated carbocycles. The monoisotopic (exact) mass is 418 g/mol. The fourth-order valence-electron chi connectivity index (χ4n) is 7.57. The van der Waals surface area contributed by atoms with E-state index in [9.17, 15) is 4.79 Å². The molecule has 0 spiro atoms. The number of unbranched alkanes of at least 4 members (excludes halogenated alkanes) is 3. The summed E-state index contributed by atoms with van der Waals surface area (Å²) in [7, 11) is 0. The summed E-state index contributed by atoms with van der Waals surface area (Å²) in [5, 5.41) is 0. The molecule has 0 aromatic rings. The van der Waals surface area contributed by atoms with E-state index in [-0.39, 0.29) is 16.8 Å². The highest BCUT2D eigenvalue weighted by Gasteiger charge is 2.57. The van der Waals surface area contributed by atoms with E-state index in [1.54, 1.807) is 0 Å². The quantitative estimate of drug-likeness (QED) is 0.262. The number of carbonyl (C=O) groups is 1. The van der Waals surface area contributed by atoms with Crippen molar-refractivity contribution in [3.05, 3.63) is 0 Å². The van der Waals surface area contributed by atoms with Gasteiger partial charge in [-0.2, -0.15) is 0 Å². The minimum atomic E-state index is -0.176. The predicted octanol–water partition coefficient (Wildman–Crippen LogP) is 8.62. The molecule has 3 aliphatic carbocycles. The molecule has 0 aromatic heterocycles. The first kappa shape index (κ1) is 24.1. The summed E-state index contributed by atoms with van der Waals surface area (Å²) in [6.45, 7) is 5.03. The number of hydrogen-bond donors (Lipinski definition) is 0. The van der Waals surface area contributed by atoms with Crippen molar-refractivity contribution >= 4 is 5.97 Å². The highest BCUT2D eigenvalue weighted by Crippen LogP contribution is 2.61. The third kappa shape index (κ3) is 5.44. The summed E-state index contributed by atoms with van der Waals surface area (Å²) in [5.41, 5.74) is 0.0430. The average Bonchev–Trinajstić information content (AvgIpc) is 2.81. The summed E-state index contributed by atoms with van der Waals surface area (Å²) in [4.78, 5) is 13.6. The summed E-state index contributed by atoms with van der Waals surface area (Å²) >= 11 is 0.